The van der Waals surface area contributed by atoms with Crippen molar-refractivity contribution < 1.29 is 14.3 Å². The number of ether oxygens (including phenoxy) is 2. The lowest BCUT2D eigenvalue weighted by Crippen LogP contribution is -2.24. The Morgan fingerprint density at radius 3 is 2.42 bits per heavy atom. The molecule has 2 aromatic rings. The summed E-state index contributed by atoms with van der Waals surface area (Å²) in [4.78, 5) is 14.2. The lowest BCUT2D eigenvalue weighted by atomic mass is 10.2. The largest absolute Gasteiger partial charge is 0.497 e. The zero-order chi connectivity index (χ0) is 17.4. The molecule has 5 heteroatoms. The van der Waals surface area contributed by atoms with Gasteiger partial charge in [-0.15, -0.1) is 0 Å². The fourth-order valence-corrected chi connectivity index (χ4v) is 2.37. The van der Waals surface area contributed by atoms with Crippen molar-refractivity contribution in [2.24, 2.45) is 0 Å². The number of nitrogens with one attached hydrogen (secondary N) is 1. The third-order valence-corrected chi connectivity index (χ3v) is 3.71. The van der Waals surface area contributed by atoms with Gasteiger partial charge in [0.25, 0.3) is 0 Å². The van der Waals surface area contributed by atoms with E-state index in [1.165, 1.54) is 5.56 Å². The zero-order valence-corrected chi connectivity index (χ0v) is 14.4. The van der Waals surface area contributed by atoms with Gasteiger partial charge in [0.15, 0.2) is 0 Å². The van der Waals surface area contributed by atoms with Crippen molar-refractivity contribution >= 4 is 11.6 Å². The van der Waals surface area contributed by atoms with Crippen LogP contribution in [0.15, 0.2) is 48.5 Å². The lowest BCUT2D eigenvalue weighted by Gasteiger charge is -2.17. The molecule has 0 aliphatic heterocycles. The van der Waals surface area contributed by atoms with Crippen LogP contribution in [0.3, 0.4) is 0 Å². The average molecular weight is 328 g/mol. The third kappa shape index (κ3) is 5.28. The highest BCUT2D eigenvalue weighted by atomic mass is 16.5. The van der Waals surface area contributed by atoms with Gasteiger partial charge >= 0.3 is 0 Å². The molecule has 0 bridgehead atoms. The maximum absolute atomic E-state index is 12.1. The molecule has 0 unspecified atom stereocenters. The Balaban J connectivity index is 1.80. The molecule has 1 amide bonds. The van der Waals surface area contributed by atoms with Crippen LogP contribution in [0.5, 0.6) is 11.5 Å². The minimum atomic E-state index is -0.0268. The van der Waals surface area contributed by atoms with E-state index in [4.69, 9.17) is 9.47 Å². The monoisotopic (exact) mass is 328 g/mol. The molecule has 0 aliphatic rings. The van der Waals surface area contributed by atoms with Crippen LogP contribution in [-0.4, -0.2) is 38.6 Å². The number of carbonyl (C=O) groups is 1. The molecule has 0 fully saturated rings. The van der Waals surface area contributed by atoms with Crippen LogP contribution in [-0.2, 0) is 11.3 Å². The van der Waals surface area contributed by atoms with Crippen LogP contribution in [0.25, 0.3) is 0 Å². The number of amides is 1. The highest BCUT2D eigenvalue weighted by Crippen LogP contribution is 2.23. The summed E-state index contributed by atoms with van der Waals surface area (Å²) in [5.74, 6) is 1.48. The summed E-state index contributed by atoms with van der Waals surface area (Å²) in [7, 11) is 5.25. The fourth-order valence-electron chi connectivity index (χ4n) is 2.37. The Kier molecular flexibility index (Phi) is 6.63. The number of nitrogens with zero attached hydrogens (tertiary/aromatic N) is 1. The molecule has 128 valence electrons. The number of hydrogen-bond donors (Lipinski definition) is 1. The maximum Gasteiger partial charge on any atom is 0.225 e. The first-order valence-electron chi connectivity index (χ1n) is 7.86. The van der Waals surface area contributed by atoms with E-state index in [1.54, 1.807) is 14.2 Å². The van der Waals surface area contributed by atoms with Crippen LogP contribution in [0.4, 0.5) is 5.69 Å². The first-order valence-corrected chi connectivity index (χ1v) is 7.86. The van der Waals surface area contributed by atoms with Crippen LogP contribution in [0, 0.1) is 0 Å². The molecule has 0 aromatic heterocycles. The molecule has 24 heavy (non-hydrogen) atoms. The molecule has 0 heterocycles. The van der Waals surface area contributed by atoms with E-state index in [2.05, 4.69) is 10.2 Å². The van der Waals surface area contributed by atoms with E-state index in [0.29, 0.717) is 24.4 Å². The van der Waals surface area contributed by atoms with E-state index < -0.39 is 0 Å². The Hall–Kier alpha value is -2.53. The molecular formula is C19H24N2O3. The van der Waals surface area contributed by atoms with Crippen LogP contribution < -0.4 is 14.8 Å². The average Bonchev–Trinajstić information content (AvgIpc) is 2.61. The Morgan fingerprint density at radius 2 is 1.75 bits per heavy atom. The van der Waals surface area contributed by atoms with Gasteiger partial charge in [-0.2, -0.15) is 0 Å². The van der Waals surface area contributed by atoms with Gasteiger partial charge < -0.3 is 19.7 Å². The number of carbonyl (C=O) groups excluding carboxylic acids is 1. The quantitative estimate of drug-likeness (QED) is 0.809. The highest BCUT2D eigenvalue weighted by Gasteiger charge is 2.08. The van der Waals surface area contributed by atoms with Crippen molar-refractivity contribution in [2.75, 3.05) is 33.1 Å². The van der Waals surface area contributed by atoms with Gasteiger partial charge in [-0.25, -0.2) is 0 Å². The number of anilines is 1. The fraction of sp³-hybridized carbons (Fsp3) is 0.316. The van der Waals surface area contributed by atoms with E-state index in [0.717, 1.165) is 12.3 Å². The minimum absolute atomic E-state index is 0.0268. The summed E-state index contributed by atoms with van der Waals surface area (Å²) in [5, 5.41) is 2.89. The minimum Gasteiger partial charge on any atom is -0.497 e. The van der Waals surface area contributed by atoms with Gasteiger partial charge in [0.2, 0.25) is 5.91 Å². The number of hydrogen-bond acceptors (Lipinski definition) is 4. The van der Waals surface area contributed by atoms with Crippen molar-refractivity contribution in [3.63, 3.8) is 0 Å². The lowest BCUT2D eigenvalue weighted by molar-refractivity contribution is -0.116. The number of rotatable bonds is 8. The van der Waals surface area contributed by atoms with E-state index in [9.17, 15) is 4.79 Å². The molecule has 5 nitrogen and oxygen atoms in total. The van der Waals surface area contributed by atoms with Crippen molar-refractivity contribution in [1.82, 2.24) is 4.90 Å². The number of methoxy groups -OCH3 is 2. The van der Waals surface area contributed by atoms with Crippen LogP contribution in [0.1, 0.15) is 12.0 Å². The van der Waals surface area contributed by atoms with Crippen molar-refractivity contribution in [1.29, 1.82) is 0 Å². The SMILES string of the molecule is COc1ccc(CN(C)CCC(=O)Nc2ccccc2OC)cc1. The second-order valence-electron chi connectivity index (χ2n) is 5.58. The molecule has 2 aromatic carbocycles. The molecule has 0 spiro atoms. The third-order valence-electron chi connectivity index (χ3n) is 3.71. The summed E-state index contributed by atoms with van der Waals surface area (Å²) in [6.07, 6.45) is 0.421. The highest BCUT2D eigenvalue weighted by molar-refractivity contribution is 5.92. The Morgan fingerprint density at radius 1 is 1.04 bits per heavy atom. The number of para-hydroxylation sites is 2. The first kappa shape index (κ1) is 17.8. The summed E-state index contributed by atoms with van der Waals surface area (Å²) >= 11 is 0. The standard InChI is InChI=1S/C19H24N2O3/c1-21(14-15-8-10-16(23-2)11-9-15)13-12-19(22)20-17-6-4-5-7-18(17)24-3/h4-11H,12-14H2,1-3H3,(H,20,22). The topological polar surface area (TPSA) is 50.8 Å². The number of benzene rings is 2. The van der Waals surface area contributed by atoms with Crippen LogP contribution in [0.2, 0.25) is 0 Å². The predicted molar refractivity (Wildman–Crippen MR) is 95.6 cm³/mol. The van der Waals surface area contributed by atoms with Gasteiger partial charge in [0.1, 0.15) is 11.5 Å². The normalized spacial score (nSPS) is 10.5. The molecule has 1 N–H and O–H groups in total. The Labute approximate surface area is 143 Å². The van der Waals surface area contributed by atoms with Gasteiger partial charge in [-0.05, 0) is 36.9 Å². The van der Waals surface area contributed by atoms with E-state index >= 15 is 0 Å². The molecular weight excluding hydrogens is 304 g/mol. The van der Waals surface area contributed by atoms with Gasteiger partial charge in [0, 0.05) is 19.5 Å². The van der Waals surface area contributed by atoms with Crippen molar-refractivity contribution in [3.05, 3.63) is 54.1 Å². The molecule has 0 atom stereocenters. The van der Waals surface area contributed by atoms with Crippen molar-refractivity contribution in [2.45, 2.75) is 13.0 Å². The van der Waals surface area contributed by atoms with Gasteiger partial charge in [-0.1, -0.05) is 24.3 Å². The molecule has 2 rings (SSSR count). The smallest absolute Gasteiger partial charge is 0.225 e. The summed E-state index contributed by atoms with van der Waals surface area (Å²) < 4.78 is 10.4. The summed E-state index contributed by atoms with van der Waals surface area (Å²) in [6.45, 7) is 1.46. The molecule has 0 radical (unpaired) electrons. The molecule has 0 aliphatic carbocycles. The second-order valence-corrected chi connectivity index (χ2v) is 5.58. The van der Waals surface area contributed by atoms with E-state index in [-0.39, 0.29) is 5.91 Å². The van der Waals surface area contributed by atoms with Crippen LogP contribution >= 0.6 is 0 Å². The second kappa shape index (κ2) is 8.93. The molecule has 0 saturated carbocycles. The first-order chi connectivity index (χ1) is 11.6. The Bertz CT molecular complexity index is 656. The molecule has 0 saturated heterocycles. The summed E-state index contributed by atoms with van der Waals surface area (Å²) in [5.41, 5.74) is 1.88. The summed E-state index contributed by atoms with van der Waals surface area (Å²) in [6, 6.07) is 15.3. The maximum atomic E-state index is 12.1. The van der Waals surface area contributed by atoms with Gasteiger partial charge in [0.05, 0.1) is 19.9 Å². The van der Waals surface area contributed by atoms with E-state index in [1.807, 2.05) is 55.6 Å². The zero-order valence-electron chi connectivity index (χ0n) is 14.4. The predicted octanol–water partition coefficient (Wildman–Crippen LogP) is 3.16. The van der Waals surface area contributed by atoms with Gasteiger partial charge in [-0.3, -0.25) is 4.79 Å². The van der Waals surface area contributed by atoms with Crippen molar-refractivity contribution in [3.8, 4) is 11.5 Å².